The molecule has 24 heavy (non-hydrogen) atoms. The first kappa shape index (κ1) is 14.4. The highest BCUT2D eigenvalue weighted by Gasteiger charge is 2.25. The smallest absolute Gasteiger partial charge is 0.300 e. The summed E-state index contributed by atoms with van der Waals surface area (Å²) in [5, 5.41) is 18.6. The number of anilines is 2. The van der Waals surface area contributed by atoms with Gasteiger partial charge in [0.15, 0.2) is 5.52 Å². The second-order valence-corrected chi connectivity index (χ2v) is 5.48. The van der Waals surface area contributed by atoms with Crippen molar-refractivity contribution in [2.24, 2.45) is 0 Å². The number of hydrogen-bond donors (Lipinski definition) is 0. The summed E-state index contributed by atoms with van der Waals surface area (Å²) in [6.07, 6.45) is 1.78. The Balaban J connectivity index is 1.58. The van der Waals surface area contributed by atoms with Gasteiger partial charge in [0.05, 0.1) is 10.6 Å². The monoisotopic (exact) mass is 326 g/mol. The molecule has 0 amide bonds. The summed E-state index contributed by atoms with van der Waals surface area (Å²) < 4.78 is 4.73. The van der Waals surface area contributed by atoms with E-state index in [1.807, 2.05) is 18.2 Å². The Morgan fingerprint density at radius 2 is 1.75 bits per heavy atom. The van der Waals surface area contributed by atoms with Crippen LogP contribution in [0.5, 0.6) is 0 Å². The van der Waals surface area contributed by atoms with Crippen LogP contribution in [-0.2, 0) is 0 Å². The zero-order chi connectivity index (χ0) is 16.5. The lowest BCUT2D eigenvalue weighted by Gasteiger charge is -2.36. The van der Waals surface area contributed by atoms with Gasteiger partial charge in [0.2, 0.25) is 5.52 Å². The molecular weight excluding hydrogens is 312 g/mol. The molecular formula is C15H14N6O3. The van der Waals surface area contributed by atoms with Gasteiger partial charge in [0.25, 0.3) is 0 Å². The van der Waals surface area contributed by atoms with Gasteiger partial charge in [0.1, 0.15) is 5.82 Å². The van der Waals surface area contributed by atoms with Gasteiger partial charge >= 0.3 is 5.69 Å². The predicted molar refractivity (Wildman–Crippen MR) is 87.1 cm³/mol. The topological polar surface area (TPSA) is 101 Å². The lowest BCUT2D eigenvalue weighted by Crippen LogP contribution is -2.46. The van der Waals surface area contributed by atoms with Crippen LogP contribution < -0.4 is 9.80 Å². The maximum Gasteiger partial charge on any atom is 0.300 e. The summed E-state index contributed by atoms with van der Waals surface area (Å²) in [6.45, 7) is 3.13. The molecule has 0 atom stereocenters. The highest BCUT2D eigenvalue weighted by Crippen LogP contribution is 2.31. The molecule has 0 aliphatic carbocycles. The van der Waals surface area contributed by atoms with Crippen molar-refractivity contribution in [3.05, 3.63) is 46.6 Å². The highest BCUT2D eigenvalue weighted by atomic mass is 16.6. The van der Waals surface area contributed by atoms with Gasteiger partial charge in [-0.25, -0.2) is 9.61 Å². The summed E-state index contributed by atoms with van der Waals surface area (Å²) in [7, 11) is 0. The number of nitrogens with zero attached hydrogens (tertiary/aromatic N) is 6. The van der Waals surface area contributed by atoms with E-state index in [9.17, 15) is 10.1 Å². The quantitative estimate of drug-likeness (QED) is 0.531. The van der Waals surface area contributed by atoms with Crippen LogP contribution in [0.1, 0.15) is 0 Å². The first-order chi connectivity index (χ1) is 11.7. The molecule has 3 aromatic rings. The van der Waals surface area contributed by atoms with Gasteiger partial charge in [-0.15, -0.1) is 0 Å². The number of aromatic nitrogens is 3. The van der Waals surface area contributed by atoms with Crippen molar-refractivity contribution in [3.63, 3.8) is 0 Å². The van der Waals surface area contributed by atoms with Crippen LogP contribution >= 0.6 is 0 Å². The van der Waals surface area contributed by atoms with Crippen molar-refractivity contribution in [1.29, 1.82) is 0 Å². The van der Waals surface area contributed by atoms with Gasteiger partial charge in [-0.2, -0.15) is 0 Å². The second kappa shape index (κ2) is 5.76. The summed E-state index contributed by atoms with van der Waals surface area (Å²) in [5.41, 5.74) is 1.32. The van der Waals surface area contributed by atoms with E-state index in [-0.39, 0.29) is 11.2 Å². The predicted octanol–water partition coefficient (Wildman–Crippen LogP) is 1.85. The SMILES string of the molecule is O=[N+]([O-])c1ccc(N2CCN(c3ccccn3)CC2)c2nonc12. The summed E-state index contributed by atoms with van der Waals surface area (Å²) >= 11 is 0. The molecule has 0 unspecified atom stereocenters. The van der Waals surface area contributed by atoms with Crippen LogP contribution in [0.3, 0.4) is 0 Å². The normalized spacial score (nSPS) is 15.0. The first-order valence-corrected chi connectivity index (χ1v) is 7.54. The lowest BCUT2D eigenvalue weighted by molar-refractivity contribution is -0.383. The maximum absolute atomic E-state index is 11.1. The van der Waals surface area contributed by atoms with E-state index in [2.05, 4.69) is 25.1 Å². The van der Waals surface area contributed by atoms with Crippen molar-refractivity contribution in [2.45, 2.75) is 0 Å². The molecule has 0 radical (unpaired) electrons. The van der Waals surface area contributed by atoms with Crippen LogP contribution in [0.2, 0.25) is 0 Å². The molecule has 122 valence electrons. The summed E-state index contributed by atoms with van der Waals surface area (Å²) in [5.74, 6) is 0.953. The lowest BCUT2D eigenvalue weighted by atomic mass is 10.2. The van der Waals surface area contributed by atoms with Crippen LogP contribution in [0.4, 0.5) is 17.2 Å². The average molecular weight is 326 g/mol. The van der Waals surface area contributed by atoms with Gasteiger partial charge in [-0.3, -0.25) is 10.1 Å². The zero-order valence-electron chi connectivity index (χ0n) is 12.7. The third-order valence-electron chi connectivity index (χ3n) is 4.16. The number of benzene rings is 1. The summed E-state index contributed by atoms with van der Waals surface area (Å²) in [6, 6.07) is 9.01. The standard InChI is InChI=1S/C15H14N6O3/c22-21(23)12-5-4-11(14-15(12)18-24-17-14)19-7-9-20(10-8-19)13-3-1-2-6-16-13/h1-6H,7-10H2. The van der Waals surface area contributed by atoms with Crippen molar-refractivity contribution in [1.82, 2.24) is 15.3 Å². The molecule has 0 saturated carbocycles. The number of nitro benzene ring substituents is 1. The Labute approximate surface area is 136 Å². The fourth-order valence-corrected chi connectivity index (χ4v) is 2.96. The van der Waals surface area contributed by atoms with Crippen LogP contribution in [0.15, 0.2) is 41.2 Å². The van der Waals surface area contributed by atoms with Crippen LogP contribution in [-0.4, -0.2) is 46.4 Å². The van der Waals surface area contributed by atoms with E-state index in [1.165, 1.54) is 6.07 Å². The third kappa shape index (κ3) is 2.39. The highest BCUT2D eigenvalue weighted by molar-refractivity contribution is 5.93. The minimum Gasteiger partial charge on any atom is -0.366 e. The molecule has 3 heterocycles. The minimum atomic E-state index is -0.477. The number of piperazine rings is 1. The van der Waals surface area contributed by atoms with E-state index >= 15 is 0 Å². The van der Waals surface area contributed by atoms with Gasteiger partial charge in [0, 0.05) is 38.4 Å². The Morgan fingerprint density at radius 3 is 2.46 bits per heavy atom. The molecule has 2 aromatic heterocycles. The Bertz CT molecular complexity index is 873. The second-order valence-electron chi connectivity index (χ2n) is 5.48. The Kier molecular flexibility index (Phi) is 3.45. The Hall–Kier alpha value is -3.23. The van der Waals surface area contributed by atoms with E-state index in [4.69, 9.17) is 4.63 Å². The summed E-state index contributed by atoms with van der Waals surface area (Å²) in [4.78, 5) is 19.3. The molecule has 9 nitrogen and oxygen atoms in total. The number of rotatable bonds is 3. The largest absolute Gasteiger partial charge is 0.366 e. The zero-order valence-corrected chi connectivity index (χ0v) is 12.7. The molecule has 1 aliphatic heterocycles. The molecule has 4 rings (SSSR count). The number of nitro groups is 1. The fourth-order valence-electron chi connectivity index (χ4n) is 2.96. The molecule has 0 spiro atoms. The average Bonchev–Trinajstić information content (AvgIpc) is 3.11. The molecule has 1 saturated heterocycles. The minimum absolute atomic E-state index is 0.0953. The molecule has 9 heteroatoms. The van der Waals surface area contributed by atoms with Crippen molar-refractivity contribution in [3.8, 4) is 0 Å². The van der Waals surface area contributed by atoms with Gasteiger partial charge < -0.3 is 9.80 Å². The molecule has 1 aromatic carbocycles. The maximum atomic E-state index is 11.1. The number of fused-ring (bicyclic) bond motifs is 1. The van der Waals surface area contributed by atoms with Crippen LogP contribution in [0, 0.1) is 10.1 Å². The van der Waals surface area contributed by atoms with E-state index in [1.54, 1.807) is 12.3 Å². The van der Waals surface area contributed by atoms with Crippen molar-refractivity contribution >= 4 is 28.2 Å². The van der Waals surface area contributed by atoms with E-state index in [0.29, 0.717) is 5.52 Å². The molecule has 0 bridgehead atoms. The number of hydrogen-bond acceptors (Lipinski definition) is 8. The number of non-ortho nitro benzene ring substituents is 1. The molecule has 1 aliphatic rings. The third-order valence-corrected chi connectivity index (χ3v) is 4.16. The van der Waals surface area contributed by atoms with Crippen LogP contribution in [0.25, 0.3) is 11.0 Å². The molecule has 1 fully saturated rings. The van der Waals surface area contributed by atoms with E-state index < -0.39 is 4.92 Å². The number of pyridine rings is 1. The first-order valence-electron chi connectivity index (χ1n) is 7.54. The molecule has 0 N–H and O–H groups in total. The van der Waals surface area contributed by atoms with Gasteiger partial charge in [-0.1, -0.05) is 6.07 Å². The van der Waals surface area contributed by atoms with Crippen molar-refractivity contribution < 1.29 is 9.55 Å². The Morgan fingerprint density at radius 1 is 1.00 bits per heavy atom. The van der Waals surface area contributed by atoms with E-state index in [0.717, 1.165) is 37.7 Å². The fraction of sp³-hybridized carbons (Fsp3) is 0.267. The van der Waals surface area contributed by atoms with Gasteiger partial charge in [-0.05, 0) is 28.5 Å². The van der Waals surface area contributed by atoms with Crippen molar-refractivity contribution in [2.75, 3.05) is 36.0 Å².